The summed E-state index contributed by atoms with van der Waals surface area (Å²) < 4.78 is 17.8. The lowest BCUT2D eigenvalue weighted by Gasteiger charge is -2.27. The number of imidazole rings is 1. The molecular formula is C44H52N12O8. The van der Waals surface area contributed by atoms with Crippen LogP contribution in [-0.2, 0) is 24.4 Å². The molecule has 6 heterocycles. The standard InChI is InChI=1S/C44H52N12O8/c1-5-55-33(19-26(3)50-55)40(59)48-43-46-30-21-28(25-57)22-35-37(30)53(43)14-7-8-15-54-38-31(47-44(54)49-41(60)34-20-27(4)51-56(34)6-2)23-29(24-36(38)64-18-10-17-63-35)39(58)45-12-16-52-13-9-11-32(52)42(61)62/h7-8,19-25,32,44,47H,5-6,9-18H2,1-4H3,(H,45,58)(H,49,60)(H,61,62)(H,46,48,59)/b8-7+. The smallest absolute Gasteiger partial charge is 0.320 e. The van der Waals surface area contributed by atoms with E-state index < -0.39 is 24.2 Å². The maximum Gasteiger partial charge on any atom is 0.320 e. The lowest BCUT2D eigenvalue weighted by molar-refractivity contribution is -0.142. The van der Waals surface area contributed by atoms with Crippen molar-refractivity contribution in [3.8, 4) is 11.5 Å². The topological polar surface area (TPSA) is 232 Å². The number of aromatic nitrogens is 6. The van der Waals surface area contributed by atoms with Crippen molar-refractivity contribution in [1.82, 2.24) is 44.6 Å². The Hall–Kier alpha value is -7.22. The number of allylic oxidation sites excluding steroid dienone is 1. The highest BCUT2D eigenvalue weighted by molar-refractivity contribution is 6.04. The minimum absolute atomic E-state index is 0.167. The predicted molar refractivity (Wildman–Crippen MR) is 236 cm³/mol. The third-order valence-corrected chi connectivity index (χ3v) is 11.4. The molecule has 1 fully saturated rings. The molecule has 2 unspecified atom stereocenters. The van der Waals surface area contributed by atoms with Crippen LogP contribution in [-0.4, -0.2) is 121 Å². The maximum atomic E-state index is 13.9. The minimum atomic E-state index is -0.868. The fourth-order valence-electron chi connectivity index (χ4n) is 8.50. The summed E-state index contributed by atoms with van der Waals surface area (Å²) in [6.07, 6.45) is 5.48. The summed E-state index contributed by atoms with van der Waals surface area (Å²) in [7, 11) is 0. The van der Waals surface area contributed by atoms with Crippen molar-refractivity contribution in [2.24, 2.45) is 0 Å². The van der Waals surface area contributed by atoms with Gasteiger partial charge in [0.05, 0.1) is 35.8 Å². The lowest BCUT2D eigenvalue weighted by atomic mass is 10.1. The van der Waals surface area contributed by atoms with Crippen molar-refractivity contribution < 1.29 is 38.6 Å². The number of carbonyl (C=O) groups excluding carboxylic acids is 4. The third-order valence-electron chi connectivity index (χ3n) is 11.4. The molecule has 336 valence electrons. The number of nitrogens with one attached hydrogen (secondary N) is 4. The van der Waals surface area contributed by atoms with E-state index in [0.29, 0.717) is 113 Å². The van der Waals surface area contributed by atoms with Gasteiger partial charge in [0, 0.05) is 56.8 Å². The second kappa shape index (κ2) is 18.6. The van der Waals surface area contributed by atoms with Crippen molar-refractivity contribution in [3.05, 3.63) is 82.5 Å². The number of ether oxygens (including phenoxy) is 2. The summed E-state index contributed by atoms with van der Waals surface area (Å²) in [4.78, 5) is 73.7. The molecule has 3 amide bonds. The molecule has 5 aromatic rings. The Kier molecular flexibility index (Phi) is 12.6. The van der Waals surface area contributed by atoms with Crippen molar-refractivity contribution in [1.29, 1.82) is 0 Å². The first-order valence-electron chi connectivity index (χ1n) is 21.5. The zero-order chi connectivity index (χ0) is 45.1. The molecule has 0 spiro atoms. The summed E-state index contributed by atoms with van der Waals surface area (Å²) in [5, 5.41) is 30.9. The number of aliphatic carboxylic acids is 1. The molecule has 20 nitrogen and oxygen atoms in total. The Morgan fingerprint density at radius 2 is 1.58 bits per heavy atom. The molecule has 5 N–H and O–H groups in total. The first kappa shape index (κ1) is 43.4. The number of carboxylic acids is 1. The van der Waals surface area contributed by atoms with Gasteiger partial charge in [-0.25, -0.2) is 4.98 Å². The van der Waals surface area contributed by atoms with Crippen LogP contribution in [0.5, 0.6) is 11.5 Å². The van der Waals surface area contributed by atoms with E-state index in [0.717, 1.165) is 6.42 Å². The molecule has 2 aromatic carbocycles. The number of hydrogen-bond donors (Lipinski definition) is 5. The number of likely N-dealkylation sites (tertiary alicyclic amines) is 1. The van der Waals surface area contributed by atoms with E-state index in [1.54, 1.807) is 45.8 Å². The van der Waals surface area contributed by atoms with Gasteiger partial charge in [0.25, 0.3) is 17.7 Å². The van der Waals surface area contributed by atoms with Gasteiger partial charge >= 0.3 is 5.97 Å². The monoisotopic (exact) mass is 876 g/mol. The molecule has 2 atom stereocenters. The molecule has 20 heteroatoms. The average Bonchev–Trinajstić information content (AvgIpc) is 4.11. The van der Waals surface area contributed by atoms with Crippen LogP contribution in [0.15, 0.2) is 48.6 Å². The number of hydrogen-bond acceptors (Lipinski definition) is 13. The van der Waals surface area contributed by atoms with Gasteiger partial charge in [-0.05, 0) is 83.5 Å². The van der Waals surface area contributed by atoms with E-state index >= 15 is 0 Å². The fourth-order valence-corrected chi connectivity index (χ4v) is 8.50. The van der Waals surface area contributed by atoms with E-state index in [1.807, 2.05) is 54.2 Å². The van der Waals surface area contributed by atoms with E-state index in [-0.39, 0.29) is 50.6 Å². The van der Waals surface area contributed by atoms with Gasteiger partial charge in [0.15, 0.2) is 6.29 Å². The minimum Gasteiger partial charge on any atom is -0.491 e. The highest BCUT2D eigenvalue weighted by Gasteiger charge is 2.35. The van der Waals surface area contributed by atoms with Gasteiger partial charge in [0.2, 0.25) is 5.95 Å². The largest absolute Gasteiger partial charge is 0.491 e. The Balaban J connectivity index is 1.12. The quantitative estimate of drug-likeness (QED) is 0.0887. The highest BCUT2D eigenvalue weighted by Crippen LogP contribution is 2.43. The number of carboxylic acid groups (broad SMARTS) is 1. The van der Waals surface area contributed by atoms with Crippen LogP contribution in [0.1, 0.15) is 86.2 Å². The van der Waals surface area contributed by atoms with Gasteiger partial charge in [-0.1, -0.05) is 12.2 Å². The molecule has 0 bridgehead atoms. The van der Waals surface area contributed by atoms with E-state index in [1.165, 1.54) is 0 Å². The summed E-state index contributed by atoms with van der Waals surface area (Å²) in [5.74, 6) is -0.979. The Morgan fingerprint density at radius 1 is 0.875 bits per heavy atom. The van der Waals surface area contributed by atoms with Gasteiger partial charge in [-0.3, -0.25) is 43.6 Å². The van der Waals surface area contributed by atoms with Crippen LogP contribution in [0.2, 0.25) is 0 Å². The Morgan fingerprint density at radius 3 is 2.28 bits per heavy atom. The first-order valence-corrected chi connectivity index (χ1v) is 21.5. The number of rotatable bonds is 12. The molecule has 3 aliphatic heterocycles. The van der Waals surface area contributed by atoms with E-state index in [4.69, 9.17) is 14.5 Å². The molecule has 0 aliphatic carbocycles. The summed E-state index contributed by atoms with van der Waals surface area (Å²) in [6.45, 7) is 10.5. The van der Waals surface area contributed by atoms with Crippen LogP contribution < -0.4 is 35.6 Å². The number of anilines is 3. The molecule has 3 aromatic heterocycles. The SMILES string of the molecule is CCn1nc(C)cc1C(=O)Nc1nc2cc(C=O)cc3c2n1C/C=C/CN1c2c(cc(C(=O)NCCN4CCCC4C(=O)O)cc2OCCCO3)NC1NC(=O)c1cc(C)nn1CC. The van der Waals surface area contributed by atoms with Gasteiger partial charge in [-0.2, -0.15) is 10.2 Å². The normalized spacial score (nSPS) is 17.9. The molecule has 0 saturated carbocycles. The zero-order valence-corrected chi connectivity index (χ0v) is 36.2. The number of amides is 3. The van der Waals surface area contributed by atoms with Crippen LogP contribution in [0.25, 0.3) is 11.0 Å². The Labute approximate surface area is 368 Å². The number of aryl methyl sites for hydroxylation is 4. The number of carbonyl (C=O) groups is 5. The lowest BCUT2D eigenvalue weighted by Crippen LogP contribution is -2.50. The fraction of sp³-hybridized carbons (Fsp3) is 0.409. The average molecular weight is 877 g/mol. The van der Waals surface area contributed by atoms with E-state index in [9.17, 15) is 29.1 Å². The van der Waals surface area contributed by atoms with Crippen LogP contribution in [0.3, 0.4) is 0 Å². The summed E-state index contributed by atoms with van der Waals surface area (Å²) in [5.41, 5.74) is 4.98. The molecular weight excluding hydrogens is 825 g/mol. The second-order valence-corrected chi connectivity index (χ2v) is 15.8. The Bertz CT molecular complexity index is 2650. The maximum absolute atomic E-state index is 13.9. The highest BCUT2D eigenvalue weighted by atomic mass is 16.5. The molecule has 3 aliphatic rings. The number of nitrogens with zero attached hydrogens (tertiary/aromatic N) is 8. The van der Waals surface area contributed by atoms with Crippen molar-refractivity contribution >= 4 is 58.3 Å². The number of benzene rings is 2. The zero-order valence-electron chi connectivity index (χ0n) is 36.2. The summed E-state index contributed by atoms with van der Waals surface area (Å²) >= 11 is 0. The van der Waals surface area contributed by atoms with Crippen LogP contribution in [0, 0.1) is 13.8 Å². The second-order valence-electron chi connectivity index (χ2n) is 15.8. The summed E-state index contributed by atoms with van der Waals surface area (Å²) in [6, 6.07) is 9.51. The molecule has 1 saturated heterocycles. The van der Waals surface area contributed by atoms with Crippen molar-refractivity contribution in [3.63, 3.8) is 0 Å². The van der Waals surface area contributed by atoms with Gasteiger partial charge in [0.1, 0.15) is 46.4 Å². The third kappa shape index (κ3) is 8.85. The van der Waals surface area contributed by atoms with Crippen LogP contribution >= 0.6 is 0 Å². The van der Waals surface area contributed by atoms with Gasteiger partial charge in [-0.15, -0.1) is 0 Å². The van der Waals surface area contributed by atoms with E-state index in [2.05, 4.69) is 31.5 Å². The van der Waals surface area contributed by atoms with Crippen molar-refractivity contribution in [2.75, 3.05) is 54.9 Å². The van der Waals surface area contributed by atoms with Crippen LogP contribution in [0.4, 0.5) is 17.3 Å². The molecule has 0 radical (unpaired) electrons. The van der Waals surface area contributed by atoms with Gasteiger partial charge < -0.3 is 40.0 Å². The molecule has 64 heavy (non-hydrogen) atoms. The molecule has 8 rings (SSSR count). The first-order chi connectivity index (χ1) is 31.0. The predicted octanol–water partition coefficient (Wildman–Crippen LogP) is 3.79. The number of aldehydes is 1. The van der Waals surface area contributed by atoms with Crippen molar-refractivity contribution in [2.45, 2.75) is 78.9 Å².